The van der Waals surface area contributed by atoms with Crippen LogP contribution < -0.4 is 4.74 Å². The molecule has 1 aliphatic heterocycles. The van der Waals surface area contributed by atoms with E-state index in [1.807, 2.05) is 0 Å². The van der Waals surface area contributed by atoms with Crippen LogP contribution in [0.2, 0.25) is 0 Å². The summed E-state index contributed by atoms with van der Waals surface area (Å²) >= 11 is 0. The van der Waals surface area contributed by atoms with E-state index in [4.69, 9.17) is 4.74 Å². The SMILES string of the molecule is Cn1nc(OC[C@@H]2CC[C@@H]2CN2CCCC2)cc1C(F)(F)F. The molecule has 2 heterocycles. The van der Waals surface area contributed by atoms with Crippen molar-refractivity contribution >= 4 is 0 Å². The lowest BCUT2D eigenvalue weighted by Crippen LogP contribution is -2.39. The number of aryl methyl sites for hydroxylation is 1. The largest absolute Gasteiger partial charge is 0.476 e. The molecular formula is C15H22F3N3O. The van der Waals surface area contributed by atoms with Crippen LogP contribution in [-0.2, 0) is 13.2 Å². The number of hydrogen-bond acceptors (Lipinski definition) is 3. The van der Waals surface area contributed by atoms with Crippen LogP contribution in [0.5, 0.6) is 5.88 Å². The van der Waals surface area contributed by atoms with Crippen LogP contribution in [0, 0.1) is 11.8 Å². The molecule has 0 N–H and O–H groups in total. The van der Waals surface area contributed by atoms with Gasteiger partial charge in [0.1, 0.15) is 5.69 Å². The molecule has 1 aromatic heterocycles. The summed E-state index contributed by atoms with van der Waals surface area (Å²) in [6.45, 7) is 3.93. The van der Waals surface area contributed by atoms with Gasteiger partial charge in [0.2, 0.25) is 5.88 Å². The zero-order chi connectivity index (χ0) is 15.7. The first-order valence-corrected chi connectivity index (χ1v) is 7.90. The Morgan fingerprint density at radius 3 is 2.45 bits per heavy atom. The Balaban J connectivity index is 1.50. The Kier molecular flexibility index (Phi) is 4.34. The van der Waals surface area contributed by atoms with E-state index in [-0.39, 0.29) is 5.88 Å². The molecule has 7 heteroatoms. The summed E-state index contributed by atoms with van der Waals surface area (Å²) in [6, 6.07) is 0.980. The van der Waals surface area contributed by atoms with E-state index in [0.29, 0.717) is 18.4 Å². The van der Waals surface area contributed by atoms with Crippen LogP contribution in [-0.4, -0.2) is 40.9 Å². The van der Waals surface area contributed by atoms with E-state index < -0.39 is 11.9 Å². The lowest BCUT2D eigenvalue weighted by Gasteiger charge is -2.38. The van der Waals surface area contributed by atoms with Gasteiger partial charge in [-0.2, -0.15) is 13.2 Å². The highest BCUT2D eigenvalue weighted by Gasteiger charge is 2.36. The van der Waals surface area contributed by atoms with E-state index in [0.717, 1.165) is 23.7 Å². The Bertz CT molecular complexity index is 509. The second-order valence-corrected chi connectivity index (χ2v) is 6.41. The topological polar surface area (TPSA) is 30.3 Å². The molecule has 0 unspecified atom stereocenters. The van der Waals surface area contributed by atoms with Crippen molar-refractivity contribution in [1.29, 1.82) is 0 Å². The second-order valence-electron chi connectivity index (χ2n) is 6.41. The van der Waals surface area contributed by atoms with Crippen molar-refractivity contribution in [2.45, 2.75) is 31.9 Å². The van der Waals surface area contributed by atoms with Crippen LogP contribution in [0.15, 0.2) is 6.07 Å². The predicted molar refractivity (Wildman–Crippen MR) is 75.6 cm³/mol. The number of halogens is 3. The molecule has 4 nitrogen and oxygen atoms in total. The monoisotopic (exact) mass is 317 g/mol. The van der Waals surface area contributed by atoms with Crippen LogP contribution in [0.4, 0.5) is 13.2 Å². The van der Waals surface area contributed by atoms with Gasteiger partial charge in [0.25, 0.3) is 0 Å². The summed E-state index contributed by atoms with van der Waals surface area (Å²) in [5.41, 5.74) is -0.773. The molecule has 0 radical (unpaired) electrons. The summed E-state index contributed by atoms with van der Waals surface area (Å²) in [6.07, 6.45) is 0.459. The van der Waals surface area contributed by atoms with E-state index in [1.54, 1.807) is 0 Å². The molecule has 0 bridgehead atoms. The summed E-state index contributed by atoms with van der Waals surface area (Å²) in [4.78, 5) is 2.49. The fraction of sp³-hybridized carbons (Fsp3) is 0.800. The standard InChI is InChI=1S/C15H22F3N3O/c1-20-13(15(16,17)18)8-14(19-20)22-10-12-5-4-11(12)9-21-6-2-3-7-21/h8,11-12H,2-7,9-10H2,1H3/t11-,12+/m1/s1. The molecule has 2 aliphatic rings. The molecule has 22 heavy (non-hydrogen) atoms. The Morgan fingerprint density at radius 2 is 1.91 bits per heavy atom. The van der Waals surface area contributed by atoms with Crippen molar-refractivity contribution in [2.75, 3.05) is 26.2 Å². The van der Waals surface area contributed by atoms with Gasteiger partial charge in [-0.3, -0.25) is 4.68 Å². The summed E-state index contributed by atoms with van der Waals surface area (Å²) < 4.78 is 44.5. The number of alkyl halides is 3. The maximum absolute atomic E-state index is 12.7. The third kappa shape index (κ3) is 3.39. The van der Waals surface area contributed by atoms with Crippen molar-refractivity contribution in [2.24, 2.45) is 18.9 Å². The molecular weight excluding hydrogens is 295 g/mol. The zero-order valence-corrected chi connectivity index (χ0v) is 12.8. The molecule has 0 aromatic carbocycles. The average Bonchev–Trinajstić information content (AvgIpc) is 3.03. The lowest BCUT2D eigenvalue weighted by molar-refractivity contribution is -0.143. The van der Waals surface area contributed by atoms with Gasteiger partial charge in [-0.25, -0.2) is 0 Å². The predicted octanol–water partition coefficient (Wildman–Crippen LogP) is 2.94. The zero-order valence-electron chi connectivity index (χ0n) is 12.8. The minimum absolute atomic E-state index is 0.0710. The molecule has 1 saturated heterocycles. The fourth-order valence-electron chi connectivity index (χ4n) is 3.36. The number of aromatic nitrogens is 2. The van der Waals surface area contributed by atoms with E-state index >= 15 is 0 Å². The normalized spacial score (nSPS) is 26.2. The van der Waals surface area contributed by atoms with Crippen LogP contribution in [0.25, 0.3) is 0 Å². The van der Waals surface area contributed by atoms with Crippen molar-refractivity contribution in [3.63, 3.8) is 0 Å². The number of hydrogen-bond donors (Lipinski definition) is 0. The highest BCUT2D eigenvalue weighted by atomic mass is 19.4. The Morgan fingerprint density at radius 1 is 1.23 bits per heavy atom. The first-order chi connectivity index (χ1) is 10.4. The molecule has 124 valence electrons. The molecule has 2 atom stereocenters. The molecule has 2 fully saturated rings. The van der Waals surface area contributed by atoms with Gasteiger partial charge in [0.05, 0.1) is 6.61 Å². The van der Waals surface area contributed by atoms with Crippen molar-refractivity contribution in [3.8, 4) is 5.88 Å². The average molecular weight is 317 g/mol. The van der Waals surface area contributed by atoms with Gasteiger partial charge in [-0.05, 0) is 50.6 Å². The second kappa shape index (κ2) is 6.10. The molecule has 0 spiro atoms. The maximum atomic E-state index is 12.7. The quantitative estimate of drug-likeness (QED) is 0.836. The van der Waals surface area contributed by atoms with E-state index in [2.05, 4.69) is 10.00 Å². The summed E-state index contributed by atoms with van der Waals surface area (Å²) in [5.74, 6) is 1.13. The van der Waals surface area contributed by atoms with E-state index in [9.17, 15) is 13.2 Å². The smallest absolute Gasteiger partial charge is 0.433 e. The van der Waals surface area contributed by atoms with Gasteiger partial charge in [-0.1, -0.05) is 0 Å². The summed E-state index contributed by atoms with van der Waals surface area (Å²) in [5, 5.41) is 3.80. The van der Waals surface area contributed by atoms with Crippen LogP contribution in [0.3, 0.4) is 0 Å². The van der Waals surface area contributed by atoms with Gasteiger partial charge >= 0.3 is 6.18 Å². The van der Waals surface area contributed by atoms with Gasteiger partial charge < -0.3 is 9.64 Å². The third-order valence-corrected chi connectivity index (χ3v) is 4.86. The molecule has 1 saturated carbocycles. The fourth-order valence-corrected chi connectivity index (χ4v) is 3.36. The first kappa shape index (κ1) is 15.6. The highest BCUT2D eigenvalue weighted by Crippen LogP contribution is 2.36. The minimum Gasteiger partial charge on any atom is -0.476 e. The molecule has 0 amide bonds. The number of ether oxygens (including phenoxy) is 1. The Labute approximate surface area is 128 Å². The van der Waals surface area contributed by atoms with Crippen molar-refractivity contribution < 1.29 is 17.9 Å². The van der Waals surface area contributed by atoms with Gasteiger partial charge in [-0.15, -0.1) is 5.10 Å². The van der Waals surface area contributed by atoms with Crippen molar-refractivity contribution in [3.05, 3.63) is 11.8 Å². The van der Waals surface area contributed by atoms with Gasteiger partial charge in [0, 0.05) is 19.7 Å². The Hall–Kier alpha value is -1.24. The maximum Gasteiger partial charge on any atom is 0.433 e. The molecule has 1 aliphatic carbocycles. The van der Waals surface area contributed by atoms with Gasteiger partial charge in [0.15, 0.2) is 0 Å². The number of nitrogens with zero attached hydrogens (tertiary/aromatic N) is 3. The van der Waals surface area contributed by atoms with Crippen molar-refractivity contribution in [1.82, 2.24) is 14.7 Å². The van der Waals surface area contributed by atoms with Crippen LogP contribution in [0.1, 0.15) is 31.4 Å². The van der Waals surface area contributed by atoms with E-state index in [1.165, 1.54) is 39.4 Å². The molecule has 1 aromatic rings. The number of rotatable bonds is 5. The first-order valence-electron chi connectivity index (χ1n) is 7.90. The highest BCUT2D eigenvalue weighted by molar-refractivity contribution is 5.18. The number of likely N-dealkylation sites (tertiary alicyclic amines) is 1. The lowest BCUT2D eigenvalue weighted by atomic mass is 9.74. The molecule has 3 rings (SSSR count). The van der Waals surface area contributed by atoms with Crippen LogP contribution >= 0.6 is 0 Å². The third-order valence-electron chi connectivity index (χ3n) is 4.86. The summed E-state index contributed by atoms with van der Waals surface area (Å²) in [7, 11) is 1.29. The minimum atomic E-state index is -4.39.